The lowest BCUT2D eigenvalue weighted by Crippen LogP contribution is -2.43. The number of hydrogen-bond donors (Lipinski definition) is 2. The molecule has 6 rings (SSSR count). The van der Waals surface area contributed by atoms with Gasteiger partial charge >= 0.3 is 6.03 Å². The third kappa shape index (κ3) is 4.68. The van der Waals surface area contributed by atoms with Crippen molar-refractivity contribution in [3.63, 3.8) is 0 Å². The number of nitrogens with one attached hydrogen (secondary N) is 1. The Morgan fingerprint density at radius 3 is 2.39 bits per heavy atom. The van der Waals surface area contributed by atoms with Gasteiger partial charge in [-0.2, -0.15) is 4.98 Å². The molecule has 2 fully saturated rings. The maximum Gasteiger partial charge on any atom is 0.329 e. The molecular formula is C26H32N10O2. The Bertz CT molecular complexity index is 1290. The molecule has 0 atom stereocenters. The number of benzene rings is 1. The average molecular weight is 517 g/mol. The van der Waals surface area contributed by atoms with Crippen LogP contribution in [0, 0.1) is 0 Å². The molecule has 0 radical (unpaired) electrons. The molecule has 2 saturated heterocycles. The summed E-state index contributed by atoms with van der Waals surface area (Å²) in [6.45, 7) is 7.01. The number of anilines is 5. The number of morpholine rings is 1. The summed E-state index contributed by atoms with van der Waals surface area (Å²) in [5.74, 6) is 1.40. The van der Waals surface area contributed by atoms with E-state index in [1.54, 1.807) is 29.2 Å². The van der Waals surface area contributed by atoms with E-state index in [0.717, 1.165) is 48.7 Å². The second-order valence-corrected chi connectivity index (χ2v) is 9.60. The van der Waals surface area contributed by atoms with Crippen LogP contribution in [0.25, 0.3) is 11.3 Å². The first kappa shape index (κ1) is 24.3. The molecule has 0 saturated carbocycles. The number of ether oxygens (including phenoxy) is 1. The predicted octanol–water partition coefficient (Wildman–Crippen LogP) is 1.38. The fraction of sp³-hybridized carbons (Fsp3) is 0.423. The Morgan fingerprint density at radius 1 is 0.974 bits per heavy atom. The number of nitrogens with two attached hydrogens (primary N) is 1. The minimum Gasteiger partial charge on any atom is -0.378 e. The molecule has 3 aliphatic heterocycles. The molecule has 0 spiro atoms. The number of rotatable bonds is 4. The van der Waals surface area contributed by atoms with Crippen molar-refractivity contribution in [2.24, 2.45) is 0 Å². The van der Waals surface area contributed by atoms with Crippen LogP contribution in [0.5, 0.6) is 0 Å². The van der Waals surface area contributed by atoms with E-state index in [-0.39, 0.29) is 12.0 Å². The van der Waals surface area contributed by atoms with Gasteiger partial charge in [-0.05, 0) is 30.7 Å². The summed E-state index contributed by atoms with van der Waals surface area (Å²) in [6, 6.07) is 8.04. The van der Waals surface area contributed by atoms with E-state index in [9.17, 15) is 4.79 Å². The van der Waals surface area contributed by atoms with Gasteiger partial charge in [0.25, 0.3) is 0 Å². The van der Waals surface area contributed by atoms with Crippen molar-refractivity contribution < 1.29 is 9.53 Å². The molecule has 0 bridgehead atoms. The number of piperazine rings is 1. The molecule has 12 heteroatoms. The maximum atomic E-state index is 13.8. The summed E-state index contributed by atoms with van der Waals surface area (Å²) in [5.41, 5.74) is 10.1. The minimum atomic E-state index is -0.134. The van der Waals surface area contributed by atoms with Crippen molar-refractivity contribution in [1.82, 2.24) is 25.3 Å². The number of aromatic nitrogens is 4. The quantitative estimate of drug-likeness (QED) is 0.525. The standard InChI is InChI=1S/C26H32N10O2/c1-33(19-2-4-20(5-3-19)34-10-7-28-8-11-34)26(37)36-9-6-21-22(18-16-29-24(27)30-17-18)31-25(32-23(21)36)35-12-14-38-15-13-35/h2-5,16-17,28H,6-15H2,1H3,(H2,27,29,30). The number of nitrogen functional groups attached to an aromatic ring is 1. The normalized spacial score (nSPS) is 17.4. The fourth-order valence-corrected chi connectivity index (χ4v) is 5.14. The third-order valence-electron chi connectivity index (χ3n) is 7.29. The van der Waals surface area contributed by atoms with Gasteiger partial charge in [0.05, 0.1) is 18.9 Å². The van der Waals surface area contributed by atoms with Crippen LogP contribution in [0.2, 0.25) is 0 Å². The number of hydrogen-bond acceptors (Lipinski definition) is 10. The minimum absolute atomic E-state index is 0.134. The van der Waals surface area contributed by atoms with Crippen LogP contribution in [0.3, 0.4) is 0 Å². The Balaban J connectivity index is 1.30. The summed E-state index contributed by atoms with van der Waals surface area (Å²) < 4.78 is 5.52. The van der Waals surface area contributed by atoms with Crippen molar-refractivity contribution in [3.8, 4) is 11.3 Å². The highest BCUT2D eigenvalue weighted by molar-refractivity contribution is 6.04. The molecule has 0 aliphatic carbocycles. The summed E-state index contributed by atoms with van der Waals surface area (Å²) in [5, 5.41) is 3.38. The first-order valence-corrected chi connectivity index (χ1v) is 13.0. The lowest BCUT2D eigenvalue weighted by atomic mass is 10.1. The highest BCUT2D eigenvalue weighted by Gasteiger charge is 2.33. The second kappa shape index (κ2) is 10.4. The van der Waals surface area contributed by atoms with Gasteiger partial charge < -0.3 is 25.6 Å². The van der Waals surface area contributed by atoms with Crippen LogP contribution in [-0.4, -0.2) is 92.0 Å². The molecule has 198 valence electrons. The van der Waals surface area contributed by atoms with Crippen LogP contribution in [0.4, 0.5) is 33.9 Å². The van der Waals surface area contributed by atoms with Gasteiger partial charge in [-0.25, -0.2) is 19.7 Å². The molecule has 2 amide bonds. The van der Waals surface area contributed by atoms with Crippen molar-refractivity contribution in [3.05, 3.63) is 42.2 Å². The largest absolute Gasteiger partial charge is 0.378 e. The molecular weight excluding hydrogens is 484 g/mol. The summed E-state index contributed by atoms with van der Waals surface area (Å²) in [6.07, 6.45) is 3.98. The van der Waals surface area contributed by atoms with Crippen molar-refractivity contribution in [2.75, 3.05) is 91.4 Å². The smallest absolute Gasteiger partial charge is 0.329 e. The van der Waals surface area contributed by atoms with Gasteiger partial charge in [-0.1, -0.05) is 0 Å². The molecule has 12 nitrogen and oxygen atoms in total. The van der Waals surface area contributed by atoms with Gasteiger partial charge in [-0.3, -0.25) is 9.80 Å². The molecule has 0 unspecified atom stereocenters. The van der Waals surface area contributed by atoms with Crippen LogP contribution in [0.1, 0.15) is 5.56 Å². The first-order valence-electron chi connectivity index (χ1n) is 13.0. The monoisotopic (exact) mass is 516 g/mol. The number of carbonyl (C=O) groups excluding carboxylic acids is 1. The third-order valence-corrected chi connectivity index (χ3v) is 7.29. The number of fused-ring (bicyclic) bond motifs is 1. The zero-order chi connectivity index (χ0) is 26.1. The molecule has 2 aromatic heterocycles. The summed E-state index contributed by atoms with van der Waals surface area (Å²) >= 11 is 0. The Kier molecular flexibility index (Phi) is 6.64. The SMILES string of the molecule is CN(C(=O)N1CCc2c(-c3cnc(N)nc3)nc(N3CCOCC3)nc21)c1ccc(N2CCNCC2)cc1. The van der Waals surface area contributed by atoms with E-state index in [0.29, 0.717) is 51.0 Å². The molecule has 3 aliphatic rings. The lowest BCUT2D eigenvalue weighted by Gasteiger charge is -2.30. The number of urea groups is 1. The van der Waals surface area contributed by atoms with Crippen LogP contribution in [-0.2, 0) is 11.2 Å². The number of nitrogens with zero attached hydrogens (tertiary/aromatic N) is 8. The summed E-state index contributed by atoms with van der Waals surface area (Å²) in [4.78, 5) is 39.8. The van der Waals surface area contributed by atoms with Gasteiger partial charge in [0, 0.05) is 87.8 Å². The van der Waals surface area contributed by atoms with Crippen molar-refractivity contribution >= 4 is 35.1 Å². The van der Waals surface area contributed by atoms with Gasteiger partial charge in [0.15, 0.2) is 0 Å². The highest BCUT2D eigenvalue weighted by Crippen LogP contribution is 2.36. The Labute approximate surface area is 221 Å². The van der Waals surface area contributed by atoms with Crippen LogP contribution >= 0.6 is 0 Å². The van der Waals surface area contributed by atoms with Gasteiger partial charge in [0.2, 0.25) is 11.9 Å². The van der Waals surface area contributed by atoms with Gasteiger partial charge in [0.1, 0.15) is 5.82 Å². The Hall–Kier alpha value is -4.03. The van der Waals surface area contributed by atoms with E-state index < -0.39 is 0 Å². The van der Waals surface area contributed by atoms with Crippen molar-refractivity contribution in [2.45, 2.75) is 6.42 Å². The predicted molar refractivity (Wildman–Crippen MR) is 147 cm³/mol. The average Bonchev–Trinajstić information content (AvgIpc) is 3.41. The summed E-state index contributed by atoms with van der Waals surface area (Å²) in [7, 11) is 1.80. The van der Waals surface area contributed by atoms with E-state index in [1.165, 1.54) is 5.69 Å². The molecule has 5 heterocycles. The lowest BCUT2D eigenvalue weighted by molar-refractivity contribution is 0.122. The molecule has 3 aromatic rings. The van der Waals surface area contributed by atoms with Crippen LogP contribution in [0.15, 0.2) is 36.7 Å². The topological polar surface area (TPSA) is 129 Å². The Morgan fingerprint density at radius 2 is 1.68 bits per heavy atom. The highest BCUT2D eigenvalue weighted by atomic mass is 16.5. The first-order chi connectivity index (χ1) is 18.6. The van der Waals surface area contributed by atoms with Gasteiger partial charge in [-0.15, -0.1) is 0 Å². The fourth-order valence-electron chi connectivity index (χ4n) is 5.14. The number of carbonyl (C=O) groups is 1. The van der Waals surface area contributed by atoms with Crippen LogP contribution < -0.4 is 30.7 Å². The number of amides is 2. The molecule has 38 heavy (non-hydrogen) atoms. The second-order valence-electron chi connectivity index (χ2n) is 9.60. The van der Waals surface area contributed by atoms with Crippen molar-refractivity contribution in [1.29, 1.82) is 0 Å². The molecule has 3 N–H and O–H groups in total. The van der Waals surface area contributed by atoms with E-state index in [4.69, 9.17) is 20.4 Å². The maximum absolute atomic E-state index is 13.8. The van der Waals surface area contributed by atoms with E-state index >= 15 is 0 Å². The van der Waals surface area contributed by atoms with E-state index in [1.807, 2.05) is 12.1 Å². The zero-order valence-corrected chi connectivity index (χ0v) is 21.5. The zero-order valence-electron chi connectivity index (χ0n) is 21.5. The van der Waals surface area contributed by atoms with E-state index in [2.05, 4.69) is 37.2 Å². The molecule has 1 aromatic carbocycles.